The van der Waals surface area contributed by atoms with Crippen molar-refractivity contribution in [1.82, 2.24) is 0 Å². The molecule has 24 heavy (non-hydrogen) atoms. The molecule has 0 amide bonds. The first-order valence-corrected chi connectivity index (χ1v) is 8.64. The van der Waals surface area contributed by atoms with Gasteiger partial charge < -0.3 is 0 Å². The molecule has 0 heterocycles. The third-order valence-corrected chi connectivity index (χ3v) is 5.10. The summed E-state index contributed by atoms with van der Waals surface area (Å²) in [4.78, 5) is 0. The summed E-state index contributed by atoms with van der Waals surface area (Å²) < 4.78 is 13.2. The van der Waals surface area contributed by atoms with E-state index in [9.17, 15) is 4.39 Å². The van der Waals surface area contributed by atoms with Crippen LogP contribution in [0.4, 0.5) is 4.39 Å². The zero-order chi connectivity index (χ0) is 16.5. The number of halogens is 1. The monoisotopic (exact) mass is 316 g/mol. The molecule has 0 aliphatic heterocycles. The lowest BCUT2D eigenvalue weighted by Gasteiger charge is -2.30. The van der Waals surface area contributed by atoms with Crippen LogP contribution >= 0.6 is 0 Å². The summed E-state index contributed by atoms with van der Waals surface area (Å²) in [6.07, 6.45) is 2.36. The summed E-state index contributed by atoms with van der Waals surface area (Å²) in [6, 6.07) is 24.3. The van der Waals surface area contributed by atoms with Crippen LogP contribution in [-0.4, -0.2) is 0 Å². The van der Waals surface area contributed by atoms with E-state index >= 15 is 0 Å². The molecule has 0 fully saturated rings. The highest BCUT2D eigenvalue weighted by Crippen LogP contribution is 2.40. The SMILES string of the molecule is C[C@H]1Cc2ccccc2[C@H](c2cccc(-c3ccc(F)cc3)c2)C1. The molecule has 0 saturated heterocycles. The van der Waals surface area contributed by atoms with E-state index in [1.54, 1.807) is 0 Å². The summed E-state index contributed by atoms with van der Waals surface area (Å²) in [6.45, 7) is 2.34. The predicted molar refractivity (Wildman–Crippen MR) is 97.6 cm³/mol. The first kappa shape index (κ1) is 15.1. The van der Waals surface area contributed by atoms with Gasteiger partial charge in [-0.2, -0.15) is 0 Å². The number of rotatable bonds is 2. The summed E-state index contributed by atoms with van der Waals surface area (Å²) >= 11 is 0. The first-order chi connectivity index (χ1) is 11.7. The summed E-state index contributed by atoms with van der Waals surface area (Å²) in [5.41, 5.74) is 6.52. The lowest BCUT2D eigenvalue weighted by Crippen LogP contribution is -2.17. The molecule has 2 atom stereocenters. The van der Waals surface area contributed by atoms with Gasteiger partial charge in [-0.25, -0.2) is 4.39 Å². The Morgan fingerprint density at radius 3 is 2.46 bits per heavy atom. The van der Waals surface area contributed by atoms with Crippen molar-refractivity contribution in [3.05, 3.63) is 95.3 Å². The van der Waals surface area contributed by atoms with Crippen LogP contribution in [0.5, 0.6) is 0 Å². The molecule has 0 N–H and O–H groups in total. The van der Waals surface area contributed by atoms with Crippen LogP contribution in [-0.2, 0) is 6.42 Å². The molecule has 0 bridgehead atoms. The van der Waals surface area contributed by atoms with E-state index in [2.05, 4.69) is 55.5 Å². The third-order valence-electron chi connectivity index (χ3n) is 5.10. The fourth-order valence-electron chi connectivity index (χ4n) is 3.94. The standard InChI is InChI=1S/C23H21F/c1-16-13-19-5-2-3-8-22(19)23(14-16)20-7-4-6-18(15-20)17-9-11-21(24)12-10-17/h2-12,15-16,23H,13-14H2,1H3/t16-,23-/m0/s1. The van der Waals surface area contributed by atoms with Gasteiger partial charge >= 0.3 is 0 Å². The molecule has 0 unspecified atom stereocenters. The van der Waals surface area contributed by atoms with Gasteiger partial charge in [0.15, 0.2) is 0 Å². The van der Waals surface area contributed by atoms with E-state index in [0.29, 0.717) is 11.8 Å². The summed E-state index contributed by atoms with van der Waals surface area (Å²) in [5, 5.41) is 0. The minimum Gasteiger partial charge on any atom is -0.207 e. The van der Waals surface area contributed by atoms with Crippen LogP contribution in [0.1, 0.15) is 36.0 Å². The predicted octanol–water partition coefficient (Wildman–Crippen LogP) is 6.21. The molecule has 0 spiro atoms. The van der Waals surface area contributed by atoms with E-state index in [1.807, 2.05) is 12.1 Å². The summed E-state index contributed by atoms with van der Waals surface area (Å²) in [5.74, 6) is 0.953. The van der Waals surface area contributed by atoms with Crippen molar-refractivity contribution in [1.29, 1.82) is 0 Å². The minimum absolute atomic E-state index is 0.190. The molecular weight excluding hydrogens is 295 g/mol. The van der Waals surface area contributed by atoms with Gasteiger partial charge in [-0.15, -0.1) is 0 Å². The second-order valence-electron chi connectivity index (χ2n) is 6.93. The average molecular weight is 316 g/mol. The maximum atomic E-state index is 13.2. The van der Waals surface area contributed by atoms with Crippen molar-refractivity contribution in [2.45, 2.75) is 25.7 Å². The highest BCUT2D eigenvalue weighted by Gasteiger charge is 2.25. The Morgan fingerprint density at radius 2 is 1.62 bits per heavy atom. The zero-order valence-corrected chi connectivity index (χ0v) is 13.9. The largest absolute Gasteiger partial charge is 0.207 e. The van der Waals surface area contributed by atoms with Crippen LogP contribution in [0, 0.1) is 11.7 Å². The quantitative estimate of drug-likeness (QED) is 0.527. The van der Waals surface area contributed by atoms with Gasteiger partial charge in [0.2, 0.25) is 0 Å². The van der Waals surface area contributed by atoms with Crippen molar-refractivity contribution >= 4 is 0 Å². The zero-order valence-electron chi connectivity index (χ0n) is 13.9. The topological polar surface area (TPSA) is 0 Å². The van der Waals surface area contributed by atoms with Crippen molar-refractivity contribution in [2.75, 3.05) is 0 Å². The first-order valence-electron chi connectivity index (χ1n) is 8.64. The Balaban J connectivity index is 1.75. The fourth-order valence-corrected chi connectivity index (χ4v) is 3.94. The molecule has 120 valence electrons. The molecule has 0 aromatic heterocycles. The van der Waals surface area contributed by atoms with Crippen LogP contribution in [0.25, 0.3) is 11.1 Å². The van der Waals surface area contributed by atoms with Gasteiger partial charge in [0.1, 0.15) is 5.82 Å². The Morgan fingerprint density at radius 1 is 0.833 bits per heavy atom. The maximum Gasteiger partial charge on any atom is 0.123 e. The number of benzene rings is 3. The lowest BCUT2D eigenvalue weighted by atomic mass is 9.74. The maximum absolute atomic E-state index is 13.2. The highest BCUT2D eigenvalue weighted by atomic mass is 19.1. The van der Waals surface area contributed by atoms with Gasteiger partial charge in [0.05, 0.1) is 0 Å². The molecule has 0 nitrogen and oxygen atoms in total. The molecule has 3 aromatic carbocycles. The molecule has 0 saturated carbocycles. The number of hydrogen-bond donors (Lipinski definition) is 0. The van der Waals surface area contributed by atoms with Gasteiger partial charge in [-0.3, -0.25) is 0 Å². The van der Waals surface area contributed by atoms with E-state index in [1.165, 1.54) is 41.7 Å². The van der Waals surface area contributed by atoms with Crippen LogP contribution < -0.4 is 0 Å². The van der Waals surface area contributed by atoms with E-state index < -0.39 is 0 Å². The molecule has 3 aromatic rings. The third kappa shape index (κ3) is 2.87. The van der Waals surface area contributed by atoms with Crippen molar-refractivity contribution in [2.24, 2.45) is 5.92 Å². The Kier molecular flexibility index (Phi) is 3.93. The minimum atomic E-state index is -0.190. The van der Waals surface area contributed by atoms with Gasteiger partial charge in [-0.1, -0.05) is 67.6 Å². The van der Waals surface area contributed by atoms with Gasteiger partial charge in [0, 0.05) is 5.92 Å². The Hall–Kier alpha value is -2.41. The Labute approximate surface area is 143 Å². The molecule has 1 aliphatic rings. The number of hydrogen-bond acceptors (Lipinski definition) is 0. The van der Waals surface area contributed by atoms with Crippen LogP contribution in [0.2, 0.25) is 0 Å². The van der Waals surface area contributed by atoms with Gasteiger partial charge in [-0.05, 0) is 58.7 Å². The van der Waals surface area contributed by atoms with Crippen molar-refractivity contribution < 1.29 is 4.39 Å². The number of fused-ring (bicyclic) bond motifs is 1. The van der Waals surface area contributed by atoms with E-state index in [0.717, 1.165) is 11.1 Å². The Bertz CT molecular complexity index is 848. The second kappa shape index (κ2) is 6.24. The van der Waals surface area contributed by atoms with E-state index in [-0.39, 0.29) is 5.82 Å². The van der Waals surface area contributed by atoms with E-state index in [4.69, 9.17) is 0 Å². The van der Waals surface area contributed by atoms with Crippen molar-refractivity contribution in [3.8, 4) is 11.1 Å². The van der Waals surface area contributed by atoms with Gasteiger partial charge in [0.25, 0.3) is 0 Å². The highest BCUT2D eigenvalue weighted by molar-refractivity contribution is 5.64. The van der Waals surface area contributed by atoms with Crippen LogP contribution in [0.3, 0.4) is 0 Å². The fraction of sp³-hybridized carbons (Fsp3) is 0.217. The van der Waals surface area contributed by atoms with Crippen molar-refractivity contribution in [3.63, 3.8) is 0 Å². The average Bonchev–Trinajstić information content (AvgIpc) is 2.62. The van der Waals surface area contributed by atoms with Crippen LogP contribution in [0.15, 0.2) is 72.8 Å². The molecule has 1 aliphatic carbocycles. The smallest absolute Gasteiger partial charge is 0.123 e. The molecule has 0 radical (unpaired) electrons. The lowest BCUT2D eigenvalue weighted by molar-refractivity contribution is 0.464. The molecule has 1 heteroatoms. The second-order valence-corrected chi connectivity index (χ2v) is 6.93. The summed E-state index contributed by atoms with van der Waals surface area (Å²) in [7, 11) is 0. The molecular formula is C23H21F. The molecule has 4 rings (SSSR count). The normalized spacial score (nSPS) is 19.8.